The third-order valence-corrected chi connectivity index (χ3v) is 5.22. The van der Waals surface area contributed by atoms with Crippen molar-refractivity contribution in [1.82, 2.24) is 9.80 Å². The van der Waals surface area contributed by atoms with Gasteiger partial charge in [-0.1, -0.05) is 18.2 Å². The minimum absolute atomic E-state index is 0.0442. The number of aliphatic carboxylic acids is 1. The van der Waals surface area contributed by atoms with E-state index in [-0.39, 0.29) is 18.4 Å². The van der Waals surface area contributed by atoms with Crippen LogP contribution in [0.5, 0.6) is 0 Å². The summed E-state index contributed by atoms with van der Waals surface area (Å²) in [6.07, 6.45) is 0. The number of carbonyl (C=O) groups excluding carboxylic acids is 1. The average molecular weight is 306 g/mol. The Morgan fingerprint density at radius 1 is 1.19 bits per heavy atom. The quantitative estimate of drug-likeness (QED) is 0.906. The second-order valence-corrected chi connectivity index (χ2v) is 6.46. The maximum atomic E-state index is 12.7. The topological polar surface area (TPSA) is 60.9 Å². The Morgan fingerprint density at radius 3 is 2.62 bits per heavy atom. The summed E-state index contributed by atoms with van der Waals surface area (Å²) in [7, 11) is 0. The van der Waals surface area contributed by atoms with Crippen LogP contribution < -0.4 is 0 Å². The van der Waals surface area contributed by atoms with Crippen molar-refractivity contribution in [2.75, 3.05) is 38.5 Å². The van der Waals surface area contributed by atoms with Gasteiger partial charge in [0.25, 0.3) is 0 Å². The van der Waals surface area contributed by atoms with Gasteiger partial charge in [0.05, 0.1) is 12.5 Å². The van der Waals surface area contributed by atoms with Crippen LogP contribution in [0.1, 0.15) is 11.5 Å². The lowest BCUT2D eigenvalue weighted by atomic mass is 9.99. The van der Waals surface area contributed by atoms with Gasteiger partial charge in [0.15, 0.2) is 0 Å². The minimum Gasteiger partial charge on any atom is -0.480 e. The number of nitrogens with zero attached hydrogens (tertiary/aromatic N) is 2. The smallest absolute Gasteiger partial charge is 0.317 e. The molecular formula is C15H18N2O3S. The zero-order chi connectivity index (χ0) is 14.8. The highest BCUT2D eigenvalue weighted by molar-refractivity contribution is 7.99. The largest absolute Gasteiger partial charge is 0.480 e. The molecule has 0 spiro atoms. The van der Waals surface area contributed by atoms with E-state index in [9.17, 15) is 9.59 Å². The number of rotatable bonds is 3. The van der Waals surface area contributed by atoms with E-state index in [0.717, 1.165) is 11.3 Å². The van der Waals surface area contributed by atoms with E-state index in [0.29, 0.717) is 26.2 Å². The first kappa shape index (κ1) is 14.4. The molecule has 1 fully saturated rings. The lowest BCUT2D eigenvalue weighted by molar-refractivity contribution is -0.139. The van der Waals surface area contributed by atoms with Crippen LogP contribution in [0.2, 0.25) is 0 Å². The average Bonchev–Trinajstić information content (AvgIpc) is 2.90. The van der Waals surface area contributed by atoms with Gasteiger partial charge in [-0.25, -0.2) is 0 Å². The number of carbonyl (C=O) groups is 2. The highest BCUT2D eigenvalue weighted by Crippen LogP contribution is 2.40. The molecule has 5 nitrogen and oxygen atoms in total. The van der Waals surface area contributed by atoms with Gasteiger partial charge in [-0.05, 0) is 11.6 Å². The second kappa shape index (κ2) is 6.07. The first-order chi connectivity index (χ1) is 10.1. The number of fused-ring (bicyclic) bond motifs is 1. The highest BCUT2D eigenvalue weighted by atomic mass is 32.2. The normalized spacial score (nSPS) is 22.1. The minimum atomic E-state index is -0.809. The Labute approximate surface area is 127 Å². The SMILES string of the molecule is O=C(O)CN1CCN(C(=O)C2CSc3ccccc32)CC1. The van der Waals surface area contributed by atoms with Crippen molar-refractivity contribution in [3.8, 4) is 0 Å². The third-order valence-electron chi connectivity index (χ3n) is 4.04. The molecule has 6 heteroatoms. The van der Waals surface area contributed by atoms with E-state index in [2.05, 4.69) is 6.07 Å². The van der Waals surface area contributed by atoms with E-state index < -0.39 is 5.97 Å². The van der Waals surface area contributed by atoms with Crippen LogP contribution in [0.3, 0.4) is 0 Å². The lowest BCUT2D eigenvalue weighted by Crippen LogP contribution is -2.51. The van der Waals surface area contributed by atoms with Gasteiger partial charge in [-0.15, -0.1) is 11.8 Å². The number of hydrogen-bond acceptors (Lipinski definition) is 4. The molecular weight excluding hydrogens is 288 g/mol. The molecule has 0 saturated carbocycles. The standard InChI is InChI=1S/C15H18N2O3S/c18-14(19)9-16-5-7-17(8-6-16)15(20)12-10-21-13-4-2-1-3-11(12)13/h1-4,12H,5-10H2,(H,18,19). The molecule has 1 saturated heterocycles. The lowest BCUT2D eigenvalue weighted by Gasteiger charge is -2.35. The van der Waals surface area contributed by atoms with Gasteiger partial charge >= 0.3 is 5.97 Å². The summed E-state index contributed by atoms with van der Waals surface area (Å²) in [5, 5.41) is 8.80. The molecule has 2 aliphatic heterocycles. The number of amides is 1. The van der Waals surface area contributed by atoms with Crippen LogP contribution in [-0.4, -0.2) is 65.3 Å². The summed E-state index contributed by atoms with van der Waals surface area (Å²) in [4.78, 5) is 28.3. The molecule has 2 heterocycles. The van der Waals surface area contributed by atoms with Crippen molar-refractivity contribution in [2.24, 2.45) is 0 Å². The van der Waals surface area contributed by atoms with Gasteiger partial charge in [0, 0.05) is 36.8 Å². The second-order valence-electron chi connectivity index (χ2n) is 5.40. The van der Waals surface area contributed by atoms with Crippen molar-refractivity contribution in [3.63, 3.8) is 0 Å². The number of piperazine rings is 1. The van der Waals surface area contributed by atoms with Crippen LogP contribution in [0.25, 0.3) is 0 Å². The Kier molecular flexibility index (Phi) is 4.17. The molecule has 3 rings (SSSR count). The number of benzene rings is 1. The molecule has 1 N–H and O–H groups in total. The predicted octanol–water partition coefficient (Wildman–Crippen LogP) is 1.10. The van der Waals surface area contributed by atoms with Crippen LogP contribution in [0.4, 0.5) is 0 Å². The first-order valence-corrected chi connectivity index (χ1v) is 8.08. The summed E-state index contributed by atoms with van der Waals surface area (Å²) in [6, 6.07) is 8.09. The summed E-state index contributed by atoms with van der Waals surface area (Å²) < 4.78 is 0. The zero-order valence-corrected chi connectivity index (χ0v) is 12.5. The van der Waals surface area contributed by atoms with Gasteiger partial charge in [0.2, 0.25) is 5.91 Å². The summed E-state index contributed by atoms with van der Waals surface area (Å²) in [6.45, 7) is 2.58. The van der Waals surface area contributed by atoms with Crippen molar-refractivity contribution >= 4 is 23.6 Å². The maximum absolute atomic E-state index is 12.7. The van der Waals surface area contributed by atoms with E-state index >= 15 is 0 Å². The zero-order valence-electron chi connectivity index (χ0n) is 11.7. The van der Waals surface area contributed by atoms with Crippen LogP contribution in [0.15, 0.2) is 29.2 Å². The van der Waals surface area contributed by atoms with Gasteiger partial charge in [-0.2, -0.15) is 0 Å². The van der Waals surface area contributed by atoms with Crippen molar-refractivity contribution in [1.29, 1.82) is 0 Å². The molecule has 21 heavy (non-hydrogen) atoms. The first-order valence-electron chi connectivity index (χ1n) is 7.10. The summed E-state index contributed by atoms with van der Waals surface area (Å²) in [5.41, 5.74) is 1.14. The van der Waals surface area contributed by atoms with E-state index in [1.807, 2.05) is 28.0 Å². The number of hydrogen-bond donors (Lipinski definition) is 1. The van der Waals surface area contributed by atoms with Crippen LogP contribution >= 0.6 is 11.8 Å². The number of carboxylic acids is 1. The Balaban J connectivity index is 1.62. The molecule has 0 aromatic heterocycles. The van der Waals surface area contributed by atoms with Gasteiger partial charge in [0.1, 0.15) is 0 Å². The molecule has 1 amide bonds. The molecule has 1 aromatic rings. The monoisotopic (exact) mass is 306 g/mol. The fraction of sp³-hybridized carbons (Fsp3) is 0.467. The summed E-state index contributed by atoms with van der Waals surface area (Å²) >= 11 is 1.74. The van der Waals surface area contributed by atoms with E-state index in [1.54, 1.807) is 11.8 Å². The maximum Gasteiger partial charge on any atom is 0.317 e. The number of thioether (sulfide) groups is 1. The number of carboxylic acid groups (broad SMARTS) is 1. The van der Waals surface area contributed by atoms with E-state index in [4.69, 9.17) is 5.11 Å². The Morgan fingerprint density at radius 2 is 1.90 bits per heavy atom. The molecule has 112 valence electrons. The Bertz CT molecular complexity index is 556. The van der Waals surface area contributed by atoms with Crippen molar-refractivity contribution in [2.45, 2.75) is 10.8 Å². The predicted molar refractivity (Wildman–Crippen MR) is 80.6 cm³/mol. The molecule has 0 aliphatic carbocycles. The molecule has 2 aliphatic rings. The van der Waals surface area contributed by atoms with E-state index in [1.165, 1.54) is 4.90 Å². The molecule has 0 radical (unpaired) electrons. The molecule has 1 atom stereocenters. The van der Waals surface area contributed by atoms with Crippen LogP contribution in [-0.2, 0) is 9.59 Å². The molecule has 1 aromatic carbocycles. The van der Waals surface area contributed by atoms with Crippen molar-refractivity contribution < 1.29 is 14.7 Å². The fourth-order valence-corrected chi connectivity index (χ4v) is 4.13. The molecule has 1 unspecified atom stereocenters. The summed E-state index contributed by atoms with van der Waals surface area (Å²) in [5.74, 6) is 0.142. The molecule has 0 bridgehead atoms. The van der Waals surface area contributed by atoms with Crippen molar-refractivity contribution in [3.05, 3.63) is 29.8 Å². The third kappa shape index (κ3) is 3.06. The fourth-order valence-electron chi connectivity index (χ4n) is 2.91. The highest BCUT2D eigenvalue weighted by Gasteiger charge is 2.33. The van der Waals surface area contributed by atoms with Gasteiger partial charge in [-0.3, -0.25) is 14.5 Å². The van der Waals surface area contributed by atoms with Gasteiger partial charge < -0.3 is 10.0 Å². The Hall–Kier alpha value is -1.53. The van der Waals surface area contributed by atoms with Crippen LogP contribution in [0, 0.1) is 0 Å².